The topological polar surface area (TPSA) is 0 Å². The number of fused-ring (bicyclic) bond motifs is 1. The van der Waals surface area contributed by atoms with E-state index < -0.39 is 0 Å². The van der Waals surface area contributed by atoms with Crippen LogP contribution in [0.4, 0.5) is 0 Å². The molecule has 0 amide bonds. The molecule has 0 nitrogen and oxygen atoms in total. The van der Waals surface area contributed by atoms with Gasteiger partial charge in [-0.1, -0.05) is 53.5 Å². The molecule has 2 aromatic carbocycles. The van der Waals surface area contributed by atoms with Crippen molar-refractivity contribution in [1.82, 2.24) is 0 Å². The van der Waals surface area contributed by atoms with E-state index in [4.69, 9.17) is 34.8 Å². The van der Waals surface area contributed by atoms with Gasteiger partial charge in [-0.15, -0.1) is 11.6 Å². The summed E-state index contributed by atoms with van der Waals surface area (Å²) in [6.45, 7) is 0. The number of hydrogen-bond acceptors (Lipinski definition) is 0. The van der Waals surface area contributed by atoms with Crippen molar-refractivity contribution in [3.63, 3.8) is 0 Å². The predicted octanol–water partition coefficient (Wildman–Crippen LogP) is 6.05. The highest BCUT2D eigenvalue weighted by molar-refractivity contribution is 6.35. The van der Waals surface area contributed by atoms with Crippen LogP contribution in [-0.4, -0.2) is 5.88 Å². The van der Waals surface area contributed by atoms with Crippen molar-refractivity contribution in [2.75, 3.05) is 5.88 Å². The van der Waals surface area contributed by atoms with Gasteiger partial charge in [0.15, 0.2) is 0 Å². The summed E-state index contributed by atoms with van der Waals surface area (Å²) in [6.07, 6.45) is 4.29. The highest BCUT2D eigenvalue weighted by atomic mass is 35.5. The van der Waals surface area contributed by atoms with E-state index in [1.54, 1.807) is 0 Å². The molecule has 0 aromatic heterocycles. The zero-order valence-electron chi connectivity index (χ0n) is 11.7. The highest BCUT2D eigenvalue weighted by Crippen LogP contribution is 2.42. The minimum atomic E-state index is -0.0200. The molecule has 0 saturated carbocycles. The second-order valence-corrected chi connectivity index (χ2v) is 6.95. The highest BCUT2D eigenvalue weighted by Gasteiger charge is 2.36. The monoisotopic (exact) mass is 338 g/mol. The second kappa shape index (κ2) is 6.20. The lowest BCUT2D eigenvalue weighted by Gasteiger charge is -2.38. The quantitative estimate of drug-likeness (QED) is 0.597. The number of benzene rings is 2. The first-order chi connectivity index (χ1) is 10.1. The van der Waals surface area contributed by atoms with Crippen LogP contribution < -0.4 is 0 Å². The molecule has 3 heteroatoms. The molecular formula is C18H17Cl3. The molecule has 1 aliphatic rings. The molecule has 0 N–H and O–H groups in total. The van der Waals surface area contributed by atoms with Gasteiger partial charge in [-0.3, -0.25) is 0 Å². The molecule has 1 unspecified atom stereocenters. The Kier molecular flexibility index (Phi) is 4.49. The Morgan fingerprint density at radius 1 is 1.05 bits per heavy atom. The molecule has 0 heterocycles. The molecule has 0 spiro atoms. The van der Waals surface area contributed by atoms with Crippen molar-refractivity contribution >= 4 is 34.8 Å². The Morgan fingerprint density at radius 2 is 1.86 bits per heavy atom. The normalized spacial score (nSPS) is 21.1. The second-order valence-electron chi connectivity index (χ2n) is 5.84. The number of hydrogen-bond donors (Lipinski definition) is 0. The van der Waals surface area contributed by atoms with Crippen LogP contribution in [0.25, 0.3) is 0 Å². The van der Waals surface area contributed by atoms with Gasteiger partial charge >= 0.3 is 0 Å². The summed E-state index contributed by atoms with van der Waals surface area (Å²) >= 11 is 18.8. The fourth-order valence-corrected chi connectivity index (χ4v) is 4.25. The predicted molar refractivity (Wildman–Crippen MR) is 91.9 cm³/mol. The van der Waals surface area contributed by atoms with Gasteiger partial charge < -0.3 is 0 Å². The van der Waals surface area contributed by atoms with Crippen LogP contribution in [-0.2, 0) is 18.3 Å². The maximum atomic E-state index is 6.43. The van der Waals surface area contributed by atoms with Gasteiger partial charge in [0.2, 0.25) is 0 Å². The summed E-state index contributed by atoms with van der Waals surface area (Å²) in [5.41, 5.74) is 3.92. The van der Waals surface area contributed by atoms with Crippen LogP contribution in [0.1, 0.15) is 29.5 Å². The van der Waals surface area contributed by atoms with Gasteiger partial charge in [-0.2, -0.15) is 0 Å². The summed E-state index contributed by atoms with van der Waals surface area (Å²) in [4.78, 5) is 0. The number of rotatable bonds is 3. The molecule has 2 aromatic rings. The maximum Gasteiger partial charge on any atom is 0.0453 e. The average molecular weight is 340 g/mol. The molecule has 0 saturated heterocycles. The van der Waals surface area contributed by atoms with E-state index in [9.17, 15) is 0 Å². The van der Waals surface area contributed by atoms with E-state index in [1.807, 2.05) is 18.2 Å². The zero-order valence-corrected chi connectivity index (χ0v) is 14.0. The Hall–Kier alpha value is -0.690. The summed E-state index contributed by atoms with van der Waals surface area (Å²) in [6, 6.07) is 14.4. The molecule has 110 valence electrons. The summed E-state index contributed by atoms with van der Waals surface area (Å²) in [5, 5.41) is 1.41. The summed E-state index contributed by atoms with van der Waals surface area (Å²) < 4.78 is 0. The molecule has 1 aliphatic carbocycles. The van der Waals surface area contributed by atoms with E-state index >= 15 is 0 Å². The lowest BCUT2D eigenvalue weighted by molar-refractivity contribution is 0.396. The number of alkyl halides is 1. The van der Waals surface area contributed by atoms with Gasteiger partial charge in [0.1, 0.15) is 0 Å². The summed E-state index contributed by atoms with van der Waals surface area (Å²) in [7, 11) is 0. The average Bonchev–Trinajstić information content (AvgIpc) is 2.50. The molecular weight excluding hydrogens is 323 g/mol. The maximum absolute atomic E-state index is 6.43. The smallest absolute Gasteiger partial charge is 0.0453 e. The third-order valence-corrected chi connectivity index (χ3v) is 5.59. The Balaban J connectivity index is 2.02. The lowest BCUT2D eigenvalue weighted by atomic mass is 9.68. The molecule has 0 fully saturated rings. The molecule has 0 aliphatic heterocycles. The molecule has 21 heavy (non-hydrogen) atoms. The SMILES string of the molecule is ClCC1(Cc2ccc(Cl)cc2Cl)CCCc2ccccc21. The van der Waals surface area contributed by atoms with Gasteiger partial charge in [0.25, 0.3) is 0 Å². The largest absolute Gasteiger partial charge is 0.126 e. The Morgan fingerprint density at radius 3 is 2.62 bits per heavy atom. The van der Waals surface area contributed by atoms with Crippen LogP contribution in [0.2, 0.25) is 10.0 Å². The van der Waals surface area contributed by atoms with Crippen molar-refractivity contribution in [2.24, 2.45) is 0 Å². The van der Waals surface area contributed by atoms with Gasteiger partial charge in [0, 0.05) is 21.3 Å². The van der Waals surface area contributed by atoms with E-state index in [1.165, 1.54) is 17.5 Å². The molecule has 0 bridgehead atoms. The van der Waals surface area contributed by atoms with Crippen molar-refractivity contribution in [3.8, 4) is 0 Å². The number of aryl methyl sites for hydroxylation is 1. The lowest BCUT2D eigenvalue weighted by Crippen LogP contribution is -2.35. The minimum absolute atomic E-state index is 0.0200. The fraction of sp³-hybridized carbons (Fsp3) is 0.333. The Bertz CT molecular complexity index is 651. The van der Waals surface area contributed by atoms with Crippen molar-refractivity contribution in [2.45, 2.75) is 31.1 Å². The third-order valence-electron chi connectivity index (χ3n) is 4.49. The molecule has 0 radical (unpaired) electrons. The van der Waals surface area contributed by atoms with Crippen molar-refractivity contribution in [1.29, 1.82) is 0 Å². The van der Waals surface area contributed by atoms with Crippen molar-refractivity contribution in [3.05, 3.63) is 69.2 Å². The fourth-order valence-electron chi connectivity index (χ4n) is 3.41. The van der Waals surface area contributed by atoms with E-state index in [-0.39, 0.29) is 5.41 Å². The van der Waals surface area contributed by atoms with E-state index in [0.717, 1.165) is 29.8 Å². The van der Waals surface area contributed by atoms with E-state index in [0.29, 0.717) is 10.9 Å². The zero-order chi connectivity index (χ0) is 14.9. The van der Waals surface area contributed by atoms with Gasteiger partial charge in [-0.05, 0) is 54.5 Å². The molecule has 3 rings (SSSR count). The number of halogens is 3. The standard InChI is InChI=1S/C18H17Cl3/c19-12-18(11-14-7-8-15(20)10-17(14)21)9-3-5-13-4-1-2-6-16(13)18/h1-2,4,6-8,10H,3,5,9,11-12H2. The minimum Gasteiger partial charge on any atom is -0.126 e. The third kappa shape index (κ3) is 2.95. The first-order valence-corrected chi connectivity index (χ1v) is 8.52. The van der Waals surface area contributed by atoms with Crippen LogP contribution in [0.3, 0.4) is 0 Å². The van der Waals surface area contributed by atoms with Crippen LogP contribution in [0.5, 0.6) is 0 Å². The Labute approximate surface area is 141 Å². The van der Waals surface area contributed by atoms with Crippen LogP contribution >= 0.6 is 34.8 Å². The first-order valence-electron chi connectivity index (χ1n) is 7.23. The van der Waals surface area contributed by atoms with Crippen LogP contribution in [0, 0.1) is 0 Å². The van der Waals surface area contributed by atoms with Crippen molar-refractivity contribution < 1.29 is 0 Å². The van der Waals surface area contributed by atoms with Gasteiger partial charge in [-0.25, -0.2) is 0 Å². The first kappa shape index (κ1) is 15.2. The molecule has 1 atom stereocenters. The summed E-state index contributed by atoms with van der Waals surface area (Å²) in [5.74, 6) is 0.614. The van der Waals surface area contributed by atoms with E-state index in [2.05, 4.69) is 24.3 Å². The van der Waals surface area contributed by atoms with Crippen LogP contribution in [0.15, 0.2) is 42.5 Å². The van der Waals surface area contributed by atoms with Gasteiger partial charge in [0.05, 0.1) is 0 Å².